The molecule has 4 rings (SSSR count). The first kappa shape index (κ1) is 26.1. The van der Waals surface area contributed by atoms with E-state index < -0.39 is 24.2 Å². The van der Waals surface area contributed by atoms with Crippen LogP contribution in [0.25, 0.3) is 11.2 Å². The summed E-state index contributed by atoms with van der Waals surface area (Å²) in [6, 6.07) is 6.58. The third-order valence-corrected chi connectivity index (χ3v) is 7.33. The SMILES string of the molecule is CCCCNc1nc(SCCC)nc2c1nnn2C1CC(C(=O)NCc2cccc(N)c2)C(O)C1O. The van der Waals surface area contributed by atoms with E-state index in [1.165, 1.54) is 16.4 Å². The Hall–Kier alpha value is -2.96. The minimum atomic E-state index is -1.24. The van der Waals surface area contributed by atoms with E-state index in [0.717, 1.165) is 37.1 Å². The highest BCUT2D eigenvalue weighted by Crippen LogP contribution is 2.37. The number of aliphatic hydroxyl groups excluding tert-OH is 2. The van der Waals surface area contributed by atoms with Gasteiger partial charge in [0.05, 0.1) is 18.1 Å². The lowest BCUT2D eigenvalue weighted by atomic mass is 10.0. The monoisotopic (exact) mass is 514 g/mol. The van der Waals surface area contributed by atoms with Crippen molar-refractivity contribution in [1.29, 1.82) is 0 Å². The fraction of sp³-hybridized carbons (Fsp3) is 0.542. The number of nitrogen functional groups attached to an aromatic ring is 1. The maximum Gasteiger partial charge on any atom is 0.226 e. The minimum Gasteiger partial charge on any atom is -0.399 e. The molecule has 0 saturated heterocycles. The molecule has 11 nitrogen and oxygen atoms in total. The number of aliphatic hydroxyl groups is 2. The molecule has 1 amide bonds. The second-order valence-corrected chi connectivity index (χ2v) is 10.1. The number of nitrogens with one attached hydrogen (secondary N) is 2. The van der Waals surface area contributed by atoms with Gasteiger partial charge in [0.25, 0.3) is 0 Å². The fourth-order valence-electron chi connectivity index (χ4n) is 4.33. The zero-order valence-electron chi connectivity index (χ0n) is 20.6. The Balaban J connectivity index is 1.55. The summed E-state index contributed by atoms with van der Waals surface area (Å²) in [5.74, 6) is 0.319. The average molecular weight is 515 g/mol. The highest BCUT2D eigenvalue weighted by molar-refractivity contribution is 7.99. The van der Waals surface area contributed by atoms with Crippen LogP contribution in [0.3, 0.4) is 0 Å². The number of thioether (sulfide) groups is 1. The van der Waals surface area contributed by atoms with Crippen LogP contribution in [0, 0.1) is 5.92 Å². The minimum absolute atomic E-state index is 0.198. The van der Waals surface area contributed by atoms with Gasteiger partial charge in [-0.2, -0.15) is 0 Å². The molecule has 36 heavy (non-hydrogen) atoms. The third kappa shape index (κ3) is 5.71. The topological polar surface area (TPSA) is 164 Å². The van der Waals surface area contributed by atoms with Gasteiger partial charge < -0.3 is 26.6 Å². The van der Waals surface area contributed by atoms with Gasteiger partial charge in [0.1, 0.15) is 6.10 Å². The third-order valence-electron chi connectivity index (χ3n) is 6.28. The summed E-state index contributed by atoms with van der Waals surface area (Å²) in [4.78, 5) is 22.2. The standard InChI is InChI=1S/C24H34N8O3S/c1-3-5-9-26-21-18-22(29-24(28-21)36-10-4-2)32(31-30-18)17-12-16(19(33)20(17)34)23(35)27-13-14-7-6-8-15(25)11-14/h6-8,11,16-17,19-20,33-34H,3-5,9-10,12-13,25H2,1-2H3,(H,27,35)(H,26,28,29). The molecule has 2 heterocycles. The van der Waals surface area contributed by atoms with Crippen LogP contribution < -0.4 is 16.4 Å². The van der Waals surface area contributed by atoms with Gasteiger partial charge in [-0.1, -0.05) is 49.4 Å². The second-order valence-electron chi connectivity index (χ2n) is 9.04. The van der Waals surface area contributed by atoms with E-state index in [0.29, 0.717) is 27.8 Å². The molecule has 1 aromatic carbocycles. The predicted molar refractivity (Wildman–Crippen MR) is 139 cm³/mol. The molecule has 4 unspecified atom stereocenters. The molecule has 3 aromatic rings. The zero-order chi connectivity index (χ0) is 25.7. The smallest absolute Gasteiger partial charge is 0.226 e. The molecule has 1 fully saturated rings. The van der Waals surface area contributed by atoms with Crippen LogP contribution in [0.4, 0.5) is 11.5 Å². The van der Waals surface area contributed by atoms with E-state index in [1.54, 1.807) is 12.1 Å². The summed E-state index contributed by atoms with van der Waals surface area (Å²) in [6.07, 6.45) is 0.755. The Morgan fingerprint density at radius 3 is 2.81 bits per heavy atom. The maximum absolute atomic E-state index is 12.9. The number of benzene rings is 1. The van der Waals surface area contributed by atoms with Crippen LogP contribution in [0.15, 0.2) is 29.4 Å². The molecule has 2 aromatic heterocycles. The summed E-state index contributed by atoms with van der Waals surface area (Å²) in [7, 11) is 0. The number of hydrogen-bond donors (Lipinski definition) is 5. The molecule has 0 bridgehead atoms. The molecule has 0 radical (unpaired) electrons. The summed E-state index contributed by atoms with van der Waals surface area (Å²) in [5, 5.41) is 36.9. The van der Waals surface area contributed by atoms with Crippen molar-refractivity contribution in [3.05, 3.63) is 29.8 Å². The first-order valence-corrected chi connectivity index (χ1v) is 13.4. The Bertz CT molecular complexity index is 1190. The number of rotatable bonds is 11. The fourth-order valence-corrected chi connectivity index (χ4v) is 5.03. The van der Waals surface area contributed by atoms with Gasteiger partial charge in [-0.25, -0.2) is 14.6 Å². The summed E-state index contributed by atoms with van der Waals surface area (Å²) in [5.41, 5.74) is 8.25. The van der Waals surface area contributed by atoms with E-state index in [1.807, 2.05) is 12.1 Å². The van der Waals surface area contributed by atoms with Gasteiger partial charge in [0.15, 0.2) is 22.1 Å². The lowest BCUT2D eigenvalue weighted by Gasteiger charge is -2.17. The average Bonchev–Trinajstić information content (AvgIpc) is 3.42. The summed E-state index contributed by atoms with van der Waals surface area (Å²) < 4.78 is 1.52. The molecule has 0 aliphatic heterocycles. The van der Waals surface area contributed by atoms with Crippen LogP contribution in [0.1, 0.15) is 51.1 Å². The number of unbranched alkanes of at least 4 members (excludes halogenated alkanes) is 1. The van der Waals surface area contributed by atoms with Gasteiger partial charge in [-0.15, -0.1) is 5.10 Å². The maximum atomic E-state index is 12.9. The van der Waals surface area contributed by atoms with Crippen molar-refractivity contribution in [2.75, 3.05) is 23.3 Å². The normalized spacial score (nSPS) is 21.7. The van der Waals surface area contributed by atoms with Gasteiger partial charge in [-0.05, 0) is 37.0 Å². The molecule has 0 spiro atoms. The Kier molecular flexibility index (Phi) is 8.60. The Morgan fingerprint density at radius 1 is 1.22 bits per heavy atom. The Labute approximate surface area is 214 Å². The van der Waals surface area contributed by atoms with E-state index in [2.05, 4.69) is 44.8 Å². The molecule has 1 saturated carbocycles. The van der Waals surface area contributed by atoms with E-state index in [9.17, 15) is 15.0 Å². The number of aromatic nitrogens is 5. The molecular weight excluding hydrogens is 480 g/mol. The predicted octanol–water partition coefficient (Wildman–Crippen LogP) is 2.12. The number of amides is 1. The number of hydrogen-bond acceptors (Lipinski definition) is 10. The van der Waals surface area contributed by atoms with Gasteiger partial charge in [0, 0.05) is 24.5 Å². The van der Waals surface area contributed by atoms with Crippen molar-refractivity contribution in [1.82, 2.24) is 30.3 Å². The molecule has 194 valence electrons. The molecule has 1 aliphatic rings. The highest BCUT2D eigenvalue weighted by atomic mass is 32.2. The lowest BCUT2D eigenvalue weighted by Crippen LogP contribution is -2.38. The van der Waals surface area contributed by atoms with Crippen molar-refractivity contribution in [2.24, 2.45) is 5.92 Å². The highest BCUT2D eigenvalue weighted by Gasteiger charge is 2.47. The van der Waals surface area contributed by atoms with Crippen molar-refractivity contribution in [2.45, 2.75) is 69.5 Å². The molecule has 12 heteroatoms. The van der Waals surface area contributed by atoms with Gasteiger partial charge in [0.2, 0.25) is 5.91 Å². The van der Waals surface area contributed by atoms with Crippen LogP contribution in [0.5, 0.6) is 0 Å². The van der Waals surface area contributed by atoms with Crippen molar-refractivity contribution < 1.29 is 15.0 Å². The van der Waals surface area contributed by atoms with Crippen molar-refractivity contribution >= 4 is 40.3 Å². The quantitative estimate of drug-likeness (QED) is 0.111. The first-order chi connectivity index (χ1) is 17.4. The lowest BCUT2D eigenvalue weighted by molar-refractivity contribution is -0.129. The van der Waals surface area contributed by atoms with E-state index in [-0.39, 0.29) is 18.9 Å². The zero-order valence-corrected chi connectivity index (χ0v) is 21.4. The Morgan fingerprint density at radius 2 is 2.06 bits per heavy atom. The second kappa shape index (κ2) is 11.8. The summed E-state index contributed by atoms with van der Waals surface area (Å²) >= 11 is 1.54. The van der Waals surface area contributed by atoms with Crippen LogP contribution in [-0.2, 0) is 11.3 Å². The summed E-state index contributed by atoms with van der Waals surface area (Å²) in [6.45, 7) is 5.22. The first-order valence-electron chi connectivity index (χ1n) is 12.4. The van der Waals surface area contributed by atoms with E-state index >= 15 is 0 Å². The number of nitrogens with two attached hydrogens (primary N) is 1. The van der Waals surface area contributed by atoms with E-state index in [4.69, 9.17) is 5.73 Å². The molecule has 1 aliphatic carbocycles. The molecule has 4 atom stereocenters. The van der Waals surface area contributed by atoms with Gasteiger partial charge >= 0.3 is 0 Å². The van der Waals surface area contributed by atoms with Crippen LogP contribution >= 0.6 is 11.8 Å². The van der Waals surface area contributed by atoms with Crippen LogP contribution in [0.2, 0.25) is 0 Å². The number of anilines is 2. The largest absolute Gasteiger partial charge is 0.399 e. The number of carbonyl (C=O) groups excluding carboxylic acids is 1. The van der Waals surface area contributed by atoms with Crippen molar-refractivity contribution in [3.63, 3.8) is 0 Å². The molecular formula is C24H34N8O3S. The van der Waals surface area contributed by atoms with Crippen molar-refractivity contribution in [3.8, 4) is 0 Å². The van der Waals surface area contributed by atoms with Crippen LogP contribution in [-0.4, -0.2) is 65.6 Å². The number of nitrogens with zero attached hydrogens (tertiary/aromatic N) is 5. The number of fused-ring (bicyclic) bond motifs is 1. The molecule has 6 N–H and O–H groups in total. The van der Waals surface area contributed by atoms with Gasteiger partial charge in [-0.3, -0.25) is 4.79 Å². The number of carbonyl (C=O) groups is 1.